The van der Waals surface area contributed by atoms with Crippen molar-refractivity contribution in [3.05, 3.63) is 47.7 Å². The fourth-order valence-electron chi connectivity index (χ4n) is 3.19. The van der Waals surface area contributed by atoms with Gasteiger partial charge in [0.15, 0.2) is 0 Å². The molecule has 0 bridgehead atoms. The van der Waals surface area contributed by atoms with Crippen LogP contribution in [0.1, 0.15) is 41.6 Å². The molecule has 1 aromatic carbocycles. The maximum absolute atomic E-state index is 13.0. The number of amides is 1. The quantitative estimate of drug-likeness (QED) is 0.811. The van der Waals surface area contributed by atoms with E-state index >= 15 is 0 Å². The third kappa shape index (κ3) is 4.32. The molecule has 0 aliphatic carbocycles. The first kappa shape index (κ1) is 17.8. The first-order chi connectivity index (χ1) is 12.2. The molecule has 3 rings (SSSR count). The molecule has 0 atom stereocenters. The average molecular weight is 356 g/mol. The Bertz CT molecular complexity index is 742. The number of carbonyl (C=O) groups excluding carboxylic acids is 1. The van der Waals surface area contributed by atoms with Gasteiger partial charge in [-0.05, 0) is 61.5 Å². The summed E-state index contributed by atoms with van der Waals surface area (Å²) in [5.41, 5.74) is 2.34. The van der Waals surface area contributed by atoms with Crippen LogP contribution >= 0.6 is 11.9 Å². The van der Waals surface area contributed by atoms with E-state index in [0.717, 1.165) is 47.9 Å². The summed E-state index contributed by atoms with van der Waals surface area (Å²) in [5.74, 6) is 0.674. The number of carbonyl (C=O) groups is 1. The second-order valence-corrected chi connectivity index (χ2v) is 7.03. The lowest BCUT2D eigenvalue weighted by atomic mass is 10.1. The number of pyridine rings is 1. The van der Waals surface area contributed by atoms with Crippen LogP contribution < -0.4 is 15.4 Å². The zero-order valence-corrected chi connectivity index (χ0v) is 15.3. The number of nitrogens with one attached hydrogen (secondary N) is 1. The summed E-state index contributed by atoms with van der Waals surface area (Å²) >= 11 is 1.17. The van der Waals surface area contributed by atoms with Crippen molar-refractivity contribution < 1.29 is 4.79 Å². The third-order valence-corrected chi connectivity index (χ3v) is 5.03. The highest BCUT2D eigenvalue weighted by molar-refractivity contribution is 7.97. The van der Waals surface area contributed by atoms with Crippen LogP contribution in [-0.2, 0) is 0 Å². The minimum absolute atomic E-state index is 0.121. The predicted molar refractivity (Wildman–Crippen MR) is 104 cm³/mol. The summed E-state index contributed by atoms with van der Waals surface area (Å²) in [6.45, 7) is 3.87. The minimum Gasteiger partial charge on any atom is -0.356 e. The highest BCUT2D eigenvalue weighted by Crippen LogP contribution is 2.25. The molecule has 25 heavy (non-hydrogen) atoms. The lowest BCUT2D eigenvalue weighted by Crippen LogP contribution is -2.28. The van der Waals surface area contributed by atoms with Crippen LogP contribution in [0.4, 0.5) is 11.5 Å². The van der Waals surface area contributed by atoms with Crippen LogP contribution in [0.5, 0.6) is 0 Å². The molecule has 0 saturated carbocycles. The van der Waals surface area contributed by atoms with E-state index in [1.54, 1.807) is 6.20 Å². The molecule has 0 radical (unpaired) electrons. The molecule has 1 aliphatic heterocycles. The predicted octanol–water partition coefficient (Wildman–Crippen LogP) is 3.99. The van der Waals surface area contributed by atoms with E-state index in [1.165, 1.54) is 24.8 Å². The molecule has 0 unspecified atom stereocenters. The summed E-state index contributed by atoms with van der Waals surface area (Å²) in [5, 5.41) is 8.60. The molecule has 2 aromatic rings. The Kier molecular flexibility index (Phi) is 5.94. The number of rotatable bonds is 4. The first-order valence-electron chi connectivity index (χ1n) is 8.68. The van der Waals surface area contributed by atoms with Crippen molar-refractivity contribution in [3.63, 3.8) is 0 Å². The van der Waals surface area contributed by atoms with Gasteiger partial charge in [0.2, 0.25) is 0 Å². The number of hydrogen-bond donors (Lipinski definition) is 2. The lowest BCUT2D eigenvalue weighted by Gasteiger charge is -2.24. The van der Waals surface area contributed by atoms with Crippen molar-refractivity contribution in [2.75, 3.05) is 23.3 Å². The van der Waals surface area contributed by atoms with E-state index in [0.29, 0.717) is 5.56 Å². The molecule has 1 amide bonds. The second-order valence-electron chi connectivity index (χ2n) is 6.33. The molecule has 1 aliphatic rings. The van der Waals surface area contributed by atoms with Gasteiger partial charge in [-0.1, -0.05) is 18.9 Å². The largest absolute Gasteiger partial charge is 0.356 e. The zero-order valence-electron chi connectivity index (χ0n) is 14.5. The van der Waals surface area contributed by atoms with Gasteiger partial charge in [0.1, 0.15) is 5.82 Å². The maximum Gasteiger partial charge on any atom is 0.259 e. The van der Waals surface area contributed by atoms with E-state index in [9.17, 15) is 4.79 Å². The topological polar surface area (TPSA) is 71.2 Å². The molecule has 6 heteroatoms. The van der Waals surface area contributed by atoms with Gasteiger partial charge >= 0.3 is 0 Å². The molecular weight excluding hydrogens is 332 g/mol. The number of aromatic nitrogens is 1. The number of benzene rings is 1. The number of hydrogen-bond acceptors (Lipinski definition) is 5. The fourth-order valence-corrected chi connectivity index (χ4v) is 3.54. The molecule has 3 N–H and O–H groups in total. The van der Waals surface area contributed by atoms with Crippen molar-refractivity contribution in [2.45, 2.75) is 37.5 Å². The molecular formula is C19H24N4OS. The molecule has 132 valence electrons. The van der Waals surface area contributed by atoms with Crippen molar-refractivity contribution in [1.29, 1.82) is 0 Å². The Morgan fingerprint density at radius 3 is 2.68 bits per heavy atom. The van der Waals surface area contributed by atoms with Gasteiger partial charge < -0.3 is 10.2 Å². The second kappa shape index (κ2) is 8.36. The Morgan fingerprint density at radius 2 is 1.96 bits per heavy atom. The van der Waals surface area contributed by atoms with Crippen molar-refractivity contribution in [1.82, 2.24) is 4.98 Å². The van der Waals surface area contributed by atoms with Crippen LogP contribution in [0.25, 0.3) is 0 Å². The summed E-state index contributed by atoms with van der Waals surface area (Å²) in [6, 6.07) is 9.44. The van der Waals surface area contributed by atoms with Gasteiger partial charge in [-0.3, -0.25) is 9.93 Å². The van der Waals surface area contributed by atoms with E-state index in [4.69, 9.17) is 5.14 Å². The Labute approximate surface area is 153 Å². The van der Waals surface area contributed by atoms with Crippen LogP contribution in [0.15, 0.2) is 41.4 Å². The summed E-state index contributed by atoms with van der Waals surface area (Å²) in [4.78, 5) is 20.7. The van der Waals surface area contributed by atoms with Crippen molar-refractivity contribution in [2.24, 2.45) is 5.14 Å². The van der Waals surface area contributed by atoms with Gasteiger partial charge in [-0.25, -0.2) is 4.98 Å². The smallest absolute Gasteiger partial charge is 0.259 e. The van der Waals surface area contributed by atoms with E-state index in [1.807, 2.05) is 37.3 Å². The molecule has 0 spiro atoms. The van der Waals surface area contributed by atoms with Crippen LogP contribution in [0.3, 0.4) is 0 Å². The average Bonchev–Trinajstić information content (AvgIpc) is 2.91. The summed E-state index contributed by atoms with van der Waals surface area (Å²) in [7, 11) is 0. The van der Waals surface area contributed by atoms with Crippen LogP contribution in [-0.4, -0.2) is 24.0 Å². The number of nitrogens with zero attached hydrogens (tertiary/aromatic N) is 2. The number of nitrogens with two attached hydrogens (primary N) is 1. The number of anilines is 2. The fraction of sp³-hybridized carbons (Fsp3) is 0.368. The van der Waals surface area contributed by atoms with Crippen LogP contribution in [0.2, 0.25) is 0 Å². The highest BCUT2D eigenvalue weighted by atomic mass is 32.2. The van der Waals surface area contributed by atoms with Gasteiger partial charge in [0, 0.05) is 29.9 Å². The highest BCUT2D eigenvalue weighted by Gasteiger charge is 2.21. The first-order valence-corrected chi connectivity index (χ1v) is 9.55. The van der Waals surface area contributed by atoms with Gasteiger partial charge in [-0.2, -0.15) is 0 Å². The third-order valence-electron chi connectivity index (χ3n) is 4.50. The zero-order chi connectivity index (χ0) is 17.6. The SMILES string of the molecule is Cc1ccnc(N2CCCCCC2)c1C(=O)Nc1cccc(SN)c1. The Hall–Kier alpha value is -2.05. The lowest BCUT2D eigenvalue weighted by molar-refractivity contribution is 0.102. The van der Waals surface area contributed by atoms with Crippen molar-refractivity contribution in [3.8, 4) is 0 Å². The summed E-state index contributed by atoms with van der Waals surface area (Å²) < 4.78 is 0. The molecule has 5 nitrogen and oxygen atoms in total. The van der Waals surface area contributed by atoms with E-state index in [-0.39, 0.29) is 5.91 Å². The summed E-state index contributed by atoms with van der Waals surface area (Å²) in [6.07, 6.45) is 6.57. The molecule has 1 fully saturated rings. The van der Waals surface area contributed by atoms with Crippen LogP contribution in [0, 0.1) is 6.92 Å². The van der Waals surface area contributed by atoms with Crippen molar-refractivity contribution >= 4 is 29.4 Å². The van der Waals surface area contributed by atoms with E-state index in [2.05, 4.69) is 15.2 Å². The Balaban J connectivity index is 1.88. The standard InChI is InChI=1S/C19H24N4OS/c1-14-9-10-21-18(23-11-4-2-3-5-12-23)17(14)19(24)22-15-7-6-8-16(13-15)25-20/h6-10,13H,2-5,11-12,20H2,1H3,(H,22,24). The van der Waals surface area contributed by atoms with E-state index < -0.39 is 0 Å². The monoisotopic (exact) mass is 356 g/mol. The maximum atomic E-state index is 13.0. The number of aryl methyl sites for hydroxylation is 1. The molecule has 2 heterocycles. The van der Waals surface area contributed by atoms with Gasteiger partial charge in [0.05, 0.1) is 5.56 Å². The van der Waals surface area contributed by atoms with Gasteiger partial charge in [0.25, 0.3) is 5.91 Å². The minimum atomic E-state index is -0.121. The Morgan fingerprint density at radius 1 is 1.20 bits per heavy atom. The molecule has 1 saturated heterocycles. The van der Waals surface area contributed by atoms with Gasteiger partial charge in [-0.15, -0.1) is 0 Å². The normalized spacial score (nSPS) is 14.9. The molecule has 1 aromatic heterocycles.